The molecule has 27 heteroatoms. The number of alkyl halides is 3. The molecule has 0 aromatic heterocycles. The molecule has 10 N–H and O–H groups in total. The number of nitrogens with one attached hydrogen (secondary N) is 6. The van der Waals surface area contributed by atoms with Gasteiger partial charge in [0, 0.05) is 31.5 Å². The van der Waals surface area contributed by atoms with Crippen molar-refractivity contribution in [1.82, 2.24) is 36.8 Å². The number of rotatable bonds is 27. The fourth-order valence-electron chi connectivity index (χ4n) is 8.64. The summed E-state index contributed by atoms with van der Waals surface area (Å²) in [7, 11) is 0. The lowest BCUT2D eigenvalue weighted by molar-refractivity contribution is -0.447. The molecule has 1 saturated heterocycles. The molecule has 3 heterocycles. The number of likely N-dealkylation sites (tertiary alicyclic amines) is 1. The first-order valence-electron chi connectivity index (χ1n) is 26.5. The van der Waals surface area contributed by atoms with Crippen LogP contribution in [0.3, 0.4) is 0 Å². The number of aryl methyl sites for hydroxylation is 1. The van der Waals surface area contributed by atoms with Gasteiger partial charge in [-0.2, -0.15) is 13.2 Å². The highest BCUT2D eigenvalue weighted by atomic mass is 19.4. The largest absolute Gasteiger partial charge is 0.542 e. The highest BCUT2D eigenvalue weighted by Gasteiger charge is 2.42. The maximum absolute atomic E-state index is 14.3. The molecule has 0 bridgehead atoms. The quantitative estimate of drug-likeness (QED) is 0.0495. The van der Waals surface area contributed by atoms with Gasteiger partial charge in [-0.25, -0.2) is 14.7 Å². The summed E-state index contributed by atoms with van der Waals surface area (Å²) < 4.78 is 31.5. The molecular weight excluding hydrogens is 1060 g/mol. The van der Waals surface area contributed by atoms with E-state index in [2.05, 4.69) is 36.9 Å². The number of quaternary nitrogens is 1. The third-order valence-electron chi connectivity index (χ3n) is 13.7. The van der Waals surface area contributed by atoms with E-state index in [0.29, 0.717) is 43.5 Å². The number of nitrogens with two attached hydrogens (primary N) is 1. The Kier molecular flexibility index (Phi) is 25.6. The number of carbonyl (C=O) groups excluding carboxylic acids is 10. The van der Waals surface area contributed by atoms with Crippen LogP contribution in [0.5, 0.6) is 0 Å². The molecule has 442 valence electrons. The SMILES string of the molecule is CCC(C)[C@H](NC(=O)[C@@H](NC(=O)[C@H](NC(=O)[C@H](NC(=O)[C@@H]1CCCN1C(=O)[C@H](CC1=C[NH2+]C=N1)NC(=O)CCCc1ccc(N2C(=O)C=CC2=O)cc1)C(C)C)C(C)CC)C(C)C)C(=O)N[C@H](C(=O)O)C(C)O.O=C([O-])C(F)(F)F. The van der Waals surface area contributed by atoms with Crippen LogP contribution in [0.4, 0.5) is 18.9 Å². The summed E-state index contributed by atoms with van der Waals surface area (Å²) in [6.45, 7) is 15.2. The number of aliphatic imine (C=N–C) groups is 1. The van der Waals surface area contributed by atoms with Gasteiger partial charge in [0.25, 0.3) is 11.8 Å². The van der Waals surface area contributed by atoms with Crippen molar-refractivity contribution in [3.63, 3.8) is 0 Å². The molecule has 0 aliphatic carbocycles. The second-order valence-electron chi connectivity index (χ2n) is 20.6. The van der Waals surface area contributed by atoms with Crippen LogP contribution in [0.1, 0.15) is 113 Å². The van der Waals surface area contributed by atoms with Gasteiger partial charge in [0.05, 0.1) is 11.8 Å². The number of carboxylic acid groups (broad SMARTS) is 2. The van der Waals surface area contributed by atoms with E-state index in [1.165, 1.54) is 24.0 Å². The second kappa shape index (κ2) is 30.7. The molecule has 1 aromatic rings. The number of amides is 9. The highest BCUT2D eigenvalue weighted by Crippen LogP contribution is 2.24. The molecule has 24 nitrogen and oxygen atoms in total. The molecule has 80 heavy (non-hydrogen) atoms. The van der Waals surface area contributed by atoms with Crippen molar-refractivity contribution in [1.29, 1.82) is 0 Å². The molecule has 3 aliphatic rings. The number of benzene rings is 1. The Labute approximate surface area is 461 Å². The number of hydrogen-bond donors (Lipinski definition) is 9. The van der Waals surface area contributed by atoms with Crippen molar-refractivity contribution in [3.05, 3.63) is 53.9 Å². The molecular formula is C53H75F3N10O14. The number of carboxylic acids is 2. The van der Waals surface area contributed by atoms with E-state index in [1.807, 2.05) is 6.92 Å². The second-order valence-corrected chi connectivity index (χ2v) is 20.6. The number of hydrogen-bond acceptors (Lipinski definition) is 14. The predicted octanol–water partition coefficient (Wildman–Crippen LogP) is -0.657. The van der Waals surface area contributed by atoms with Gasteiger partial charge in [0.15, 0.2) is 12.4 Å². The number of nitrogens with zero attached hydrogens (tertiary/aromatic N) is 3. The maximum Gasteiger partial charge on any atom is 0.430 e. The van der Waals surface area contributed by atoms with Gasteiger partial charge in [-0.3, -0.25) is 48.5 Å². The van der Waals surface area contributed by atoms with Crippen LogP contribution in [-0.4, -0.2) is 148 Å². The Morgan fingerprint density at radius 2 is 1.21 bits per heavy atom. The molecule has 1 fully saturated rings. The third kappa shape index (κ3) is 19.4. The topological polar surface area (TPSA) is 359 Å². The minimum atomic E-state index is -5.19. The summed E-state index contributed by atoms with van der Waals surface area (Å²) in [6.07, 6.45) is 1.74. The summed E-state index contributed by atoms with van der Waals surface area (Å²) >= 11 is 0. The number of aliphatic hydroxyl groups excluding tert-OH is 1. The van der Waals surface area contributed by atoms with Crippen molar-refractivity contribution in [3.8, 4) is 0 Å². The number of aliphatic hydroxyl groups is 1. The molecule has 4 rings (SSSR count). The summed E-state index contributed by atoms with van der Waals surface area (Å²) in [6, 6.07) is -1.58. The Balaban J connectivity index is 0.00000224. The van der Waals surface area contributed by atoms with Crippen LogP contribution in [0, 0.1) is 23.7 Å². The zero-order valence-electron chi connectivity index (χ0n) is 46.3. The fourth-order valence-corrected chi connectivity index (χ4v) is 8.64. The molecule has 1 aromatic carbocycles. The van der Waals surface area contributed by atoms with E-state index in [0.717, 1.165) is 10.5 Å². The minimum absolute atomic E-state index is 0.0625. The molecule has 3 unspecified atom stereocenters. The number of aliphatic carboxylic acids is 2. The predicted molar refractivity (Wildman–Crippen MR) is 279 cm³/mol. The van der Waals surface area contributed by atoms with Crippen molar-refractivity contribution in [2.45, 2.75) is 168 Å². The van der Waals surface area contributed by atoms with Gasteiger partial charge >= 0.3 is 12.1 Å². The average Bonchev–Trinajstić information content (AvgIpc) is 4.18. The number of imide groups is 1. The van der Waals surface area contributed by atoms with Crippen LogP contribution >= 0.6 is 0 Å². The van der Waals surface area contributed by atoms with Gasteiger partial charge in [-0.15, -0.1) is 0 Å². The van der Waals surface area contributed by atoms with E-state index < -0.39 is 137 Å². The smallest absolute Gasteiger partial charge is 0.430 e. The lowest BCUT2D eigenvalue weighted by atomic mass is 9.94. The van der Waals surface area contributed by atoms with Crippen molar-refractivity contribution < 1.29 is 86.5 Å². The molecule has 10 atom stereocenters. The molecule has 0 saturated carbocycles. The molecule has 3 aliphatic heterocycles. The van der Waals surface area contributed by atoms with Gasteiger partial charge in [-0.1, -0.05) is 80.4 Å². The van der Waals surface area contributed by atoms with Crippen LogP contribution in [-0.2, 0) is 59.2 Å². The van der Waals surface area contributed by atoms with Gasteiger partial charge in [-0.05, 0) is 74.0 Å². The Hall–Kier alpha value is -7.55. The average molecular weight is 1130 g/mol. The van der Waals surface area contributed by atoms with Crippen molar-refractivity contribution in [2.75, 3.05) is 11.4 Å². The van der Waals surface area contributed by atoms with E-state index in [9.17, 15) is 71.3 Å². The Bertz CT molecular complexity index is 2500. The fraction of sp³-hybridized carbons (Fsp3) is 0.585. The lowest BCUT2D eigenvalue weighted by Crippen LogP contribution is -2.74. The highest BCUT2D eigenvalue weighted by molar-refractivity contribution is 6.28. The number of anilines is 1. The van der Waals surface area contributed by atoms with E-state index in [1.54, 1.807) is 90.6 Å². The van der Waals surface area contributed by atoms with Crippen LogP contribution in [0.2, 0.25) is 0 Å². The standard InChI is InChI=1S/C51H74N10O12.C2HF3O2/c1-10-29(7)42(48(69)56-41(28(5)6)47(68)58-43(30(8)11-2)49(70)59-44(31(9)62)51(72)73)57-46(67)40(27(3)4)55-45(66)36-15-13-23-60(36)50(71)35(24-33-25-52-26-53-33)54-37(63)16-12-14-32-17-19-34(20-18-32)61-38(64)21-22-39(61)65;3-2(4,5)1(6)7/h17-22,25-31,35-36,40-44,62H,10-16,23-24H2,1-9H3,(H,52,53)(H,54,63)(H,55,66)(H,56,69)(H,57,67)(H,58,68)(H,59,70)(H,72,73);(H,6,7)/t29?,30?,31?,35-,36-,40+,41-,42+,43-,44-;/m0./s1. The summed E-state index contributed by atoms with van der Waals surface area (Å²) in [4.78, 5) is 149. The zero-order valence-corrected chi connectivity index (χ0v) is 46.3. The van der Waals surface area contributed by atoms with E-state index >= 15 is 0 Å². The van der Waals surface area contributed by atoms with Crippen molar-refractivity contribution in [2.24, 2.45) is 28.7 Å². The van der Waals surface area contributed by atoms with Crippen molar-refractivity contribution >= 4 is 77.1 Å². The molecule has 9 amide bonds. The van der Waals surface area contributed by atoms with E-state index in [-0.39, 0.29) is 31.7 Å². The van der Waals surface area contributed by atoms with Crippen LogP contribution in [0.25, 0.3) is 0 Å². The first-order valence-corrected chi connectivity index (χ1v) is 26.5. The van der Waals surface area contributed by atoms with Gasteiger partial charge in [0.1, 0.15) is 54.1 Å². The summed E-state index contributed by atoms with van der Waals surface area (Å²) in [5.41, 5.74) is 1.87. The summed E-state index contributed by atoms with van der Waals surface area (Å²) in [5, 5.41) is 46.1. The van der Waals surface area contributed by atoms with E-state index in [4.69, 9.17) is 9.90 Å². The maximum atomic E-state index is 14.3. The summed E-state index contributed by atoms with van der Waals surface area (Å²) in [5.74, 6) is -11.7. The minimum Gasteiger partial charge on any atom is -0.542 e. The number of halogens is 3. The van der Waals surface area contributed by atoms with Gasteiger partial charge < -0.3 is 56.9 Å². The lowest BCUT2D eigenvalue weighted by Gasteiger charge is -2.32. The zero-order chi connectivity index (χ0) is 60.3. The third-order valence-corrected chi connectivity index (χ3v) is 13.7. The first kappa shape index (κ1) is 66.7. The Morgan fingerprint density at radius 1 is 0.738 bits per heavy atom. The van der Waals surface area contributed by atoms with Crippen LogP contribution in [0.15, 0.2) is 53.3 Å². The first-order chi connectivity index (χ1) is 37.4. The number of carbonyl (C=O) groups is 11. The molecule has 0 radical (unpaired) electrons. The molecule has 0 spiro atoms. The monoisotopic (exact) mass is 1130 g/mol. The van der Waals surface area contributed by atoms with Crippen LogP contribution < -0.4 is 47.2 Å². The van der Waals surface area contributed by atoms with Gasteiger partial charge in [0.2, 0.25) is 41.4 Å². The Morgan fingerprint density at radius 3 is 1.65 bits per heavy atom. The normalized spacial score (nSPS) is 18.3.